The molecule has 0 bridgehead atoms. The van der Waals surface area contributed by atoms with Gasteiger partial charge in [-0.1, -0.05) is 41.9 Å². The zero-order chi connectivity index (χ0) is 22.3. The van der Waals surface area contributed by atoms with E-state index >= 15 is 0 Å². The molecule has 5 rings (SSSR count). The molecule has 1 atom stereocenters. The van der Waals surface area contributed by atoms with E-state index in [-0.39, 0.29) is 29.4 Å². The van der Waals surface area contributed by atoms with Crippen LogP contribution < -0.4 is 0 Å². The summed E-state index contributed by atoms with van der Waals surface area (Å²) in [6, 6.07) is 17.9. The Morgan fingerprint density at radius 3 is 2.47 bits per heavy atom. The van der Waals surface area contributed by atoms with Crippen molar-refractivity contribution < 1.29 is 13.2 Å². The number of thiophene rings is 1. The fourth-order valence-electron chi connectivity index (χ4n) is 4.32. The molecule has 2 heterocycles. The highest BCUT2D eigenvalue weighted by Gasteiger charge is 2.41. The molecule has 1 saturated carbocycles. The van der Waals surface area contributed by atoms with Gasteiger partial charge in [0.2, 0.25) is 15.9 Å². The number of benzene rings is 2. The number of hydrogen-bond acceptors (Lipinski definition) is 4. The second kappa shape index (κ2) is 8.63. The van der Waals surface area contributed by atoms with E-state index in [1.165, 1.54) is 21.3 Å². The van der Waals surface area contributed by atoms with E-state index < -0.39 is 10.0 Å². The van der Waals surface area contributed by atoms with E-state index in [0.717, 1.165) is 30.4 Å². The molecule has 1 aliphatic carbocycles. The largest absolute Gasteiger partial charge is 0.330 e. The second-order valence-electron chi connectivity index (χ2n) is 8.18. The highest BCUT2D eigenvalue weighted by Crippen LogP contribution is 2.39. The van der Waals surface area contributed by atoms with Gasteiger partial charge >= 0.3 is 0 Å². The third-order valence-electron chi connectivity index (χ3n) is 6.07. The molecular formula is C24H23ClN2O3S2. The molecule has 1 amide bonds. The molecule has 8 heteroatoms. The van der Waals surface area contributed by atoms with E-state index in [2.05, 4.69) is 11.4 Å². The van der Waals surface area contributed by atoms with Crippen molar-refractivity contribution in [2.45, 2.75) is 36.2 Å². The van der Waals surface area contributed by atoms with Crippen molar-refractivity contribution in [2.24, 2.45) is 0 Å². The third-order valence-corrected chi connectivity index (χ3v) is 9.23. The SMILES string of the molecule is O=C(CN(C1CC1)S(=O)(=O)c1ccc(Cl)cc1)N1CCc2sccc2C1c1ccccc1. The lowest BCUT2D eigenvalue weighted by Crippen LogP contribution is -2.47. The summed E-state index contributed by atoms with van der Waals surface area (Å²) in [5.74, 6) is -0.167. The lowest BCUT2D eigenvalue weighted by molar-refractivity contribution is -0.133. The first-order valence-corrected chi connectivity index (χ1v) is 13.3. The number of nitrogens with zero attached hydrogens (tertiary/aromatic N) is 2. The Morgan fingerprint density at radius 1 is 1.06 bits per heavy atom. The van der Waals surface area contributed by atoms with Crippen LogP contribution in [0.3, 0.4) is 0 Å². The Hall–Kier alpha value is -2.19. The van der Waals surface area contributed by atoms with Crippen molar-refractivity contribution in [1.29, 1.82) is 0 Å². The van der Waals surface area contributed by atoms with Crippen molar-refractivity contribution in [2.75, 3.05) is 13.1 Å². The molecule has 0 N–H and O–H groups in total. The summed E-state index contributed by atoms with van der Waals surface area (Å²) in [5, 5.41) is 2.54. The van der Waals surface area contributed by atoms with Gasteiger partial charge < -0.3 is 4.90 Å². The summed E-state index contributed by atoms with van der Waals surface area (Å²) >= 11 is 7.65. The Kier molecular flexibility index (Phi) is 5.84. The van der Waals surface area contributed by atoms with Gasteiger partial charge in [-0.2, -0.15) is 4.31 Å². The average Bonchev–Trinajstić information content (AvgIpc) is 3.52. The minimum atomic E-state index is -3.79. The molecule has 5 nitrogen and oxygen atoms in total. The Bertz CT molecular complexity index is 1220. The van der Waals surface area contributed by atoms with Gasteiger partial charge in [-0.15, -0.1) is 11.3 Å². The Balaban J connectivity index is 1.45. The standard InChI is InChI=1S/C24H23ClN2O3S2/c25-18-6-10-20(11-7-18)32(29,30)27(19-8-9-19)16-23(28)26-14-12-22-21(13-15-31-22)24(26)17-4-2-1-3-5-17/h1-7,10-11,13,15,19,24H,8-9,12,14,16H2. The van der Waals surface area contributed by atoms with Gasteiger partial charge in [0.15, 0.2) is 0 Å². The number of amides is 1. The molecule has 1 unspecified atom stereocenters. The topological polar surface area (TPSA) is 57.7 Å². The van der Waals surface area contributed by atoms with Crippen LogP contribution in [0.4, 0.5) is 0 Å². The molecule has 1 fully saturated rings. The van der Waals surface area contributed by atoms with Gasteiger partial charge in [-0.25, -0.2) is 8.42 Å². The highest BCUT2D eigenvalue weighted by molar-refractivity contribution is 7.89. The number of carbonyl (C=O) groups is 1. The molecule has 0 spiro atoms. The maximum absolute atomic E-state index is 13.6. The van der Waals surface area contributed by atoms with Gasteiger partial charge in [-0.05, 0) is 66.1 Å². The first kappa shape index (κ1) is 21.6. The van der Waals surface area contributed by atoms with Crippen LogP contribution in [0.5, 0.6) is 0 Å². The van der Waals surface area contributed by atoms with Crippen LogP contribution in [0.2, 0.25) is 5.02 Å². The summed E-state index contributed by atoms with van der Waals surface area (Å²) in [4.78, 5) is 16.9. The molecule has 0 radical (unpaired) electrons. The molecule has 32 heavy (non-hydrogen) atoms. The Morgan fingerprint density at radius 2 is 1.78 bits per heavy atom. The van der Waals surface area contributed by atoms with Crippen molar-refractivity contribution in [3.63, 3.8) is 0 Å². The molecule has 166 valence electrons. The molecule has 2 aliphatic rings. The molecule has 0 saturated heterocycles. The molecule has 1 aliphatic heterocycles. The van der Waals surface area contributed by atoms with Crippen molar-refractivity contribution in [3.8, 4) is 0 Å². The summed E-state index contributed by atoms with van der Waals surface area (Å²) in [7, 11) is -3.79. The molecular weight excluding hydrogens is 464 g/mol. The van der Waals surface area contributed by atoms with E-state index in [1.54, 1.807) is 23.5 Å². The van der Waals surface area contributed by atoms with Crippen LogP contribution in [-0.2, 0) is 21.2 Å². The summed E-state index contributed by atoms with van der Waals surface area (Å²) in [6.45, 7) is 0.420. The Labute approximate surface area is 197 Å². The molecule has 3 aromatic rings. The van der Waals surface area contributed by atoms with Gasteiger partial charge in [0.25, 0.3) is 0 Å². The first-order chi connectivity index (χ1) is 15.4. The predicted molar refractivity (Wildman–Crippen MR) is 126 cm³/mol. The summed E-state index contributed by atoms with van der Waals surface area (Å²) in [5.41, 5.74) is 2.18. The number of rotatable bonds is 6. The fraction of sp³-hybridized carbons (Fsp3) is 0.292. The zero-order valence-electron chi connectivity index (χ0n) is 17.4. The van der Waals surface area contributed by atoms with Crippen molar-refractivity contribution in [1.82, 2.24) is 9.21 Å². The number of hydrogen-bond donors (Lipinski definition) is 0. The summed E-state index contributed by atoms with van der Waals surface area (Å²) < 4.78 is 28.1. The van der Waals surface area contributed by atoms with Crippen LogP contribution >= 0.6 is 22.9 Å². The lowest BCUT2D eigenvalue weighted by Gasteiger charge is -2.37. The van der Waals surface area contributed by atoms with Crippen LogP contribution in [0.25, 0.3) is 0 Å². The normalized spacial score (nSPS) is 18.6. The predicted octanol–water partition coefficient (Wildman–Crippen LogP) is 4.73. The highest BCUT2D eigenvalue weighted by atomic mass is 35.5. The summed E-state index contributed by atoms with van der Waals surface area (Å²) in [6.07, 6.45) is 2.34. The lowest BCUT2D eigenvalue weighted by atomic mass is 9.93. The smallest absolute Gasteiger partial charge is 0.243 e. The quantitative estimate of drug-likeness (QED) is 0.506. The van der Waals surface area contributed by atoms with Gasteiger partial charge in [-0.3, -0.25) is 4.79 Å². The fourth-order valence-corrected chi connectivity index (χ4v) is 6.98. The zero-order valence-corrected chi connectivity index (χ0v) is 19.7. The third kappa shape index (κ3) is 4.10. The minimum absolute atomic E-state index is 0.128. The average molecular weight is 487 g/mol. The number of halogens is 1. The maximum atomic E-state index is 13.6. The molecule has 1 aromatic heterocycles. The minimum Gasteiger partial charge on any atom is -0.330 e. The van der Waals surface area contributed by atoms with E-state index in [4.69, 9.17) is 11.6 Å². The van der Waals surface area contributed by atoms with Gasteiger partial charge in [0.1, 0.15) is 0 Å². The van der Waals surface area contributed by atoms with Gasteiger partial charge in [0, 0.05) is 22.5 Å². The number of fused-ring (bicyclic) bond motifs is 1. The van der Waals surface area contributed by atoms with Crippen LogP contribution in [0, 0.1) is 0 Å². The van der Waals surface area contributed by atoms with Crippen molar-refractivity contribution >= 4 is 38.9 Å². The second-order valence-corrected chi connectivity index (χ2v) is 11.5. The van der Waals surface area contributed by atoms with Crippen LogP contribution in [0.15, 0.2) is 70.9 Å². The van der Waals surface area contributed by atoms with Crippen LogP contribution in [0.1, 0.15) is 34.9 Å². The number of sulfonamides is 1. The number of carbonyl (C=O) groups excluding carboxylic acids is 1. The van der Waals surface area contributed by atoms with E-state index in [9.17, 15) is 13.2 Å². The monoisotopic (exact) mass is 486 g/mol. The van der Waals surface area contributed by atoms with E-state index in [1.807, 2.05) is 35.2 Å². The first-order valence-electron chi connectivity index (χ1n) is 10.6. The van der Waals surface area contributed by atoms with Crippen molar-refractivity contribution in [3.05, 3.63) is 87.1 Å². The van der Waals surface area contributed by atoms with Gasteiger partial charge in [0.05, 0.1) is 17.5 Å². The maximum Gasteiger partial charge on any atom is 0.243 e. The van der Waals surface area contributed by atoms with E-state index in [0.29, 0.717) is 11.6 Å². The van der Waals surface area contributed by atoms with Crippen LogP contribution in [-0.4, -0.2) is 42.7 Å². The molecule has 2 aromatic carbocycles.